The summed E-state index contributed by atoms with van der Waals surface area (Å²) in [5.41, 5.74) is 0.568. The Balaban J connectivity index is 1.80. The molecule has 1 aromatic heterocycles. The van der Waals surface area contributed by atoms with Crippen LogP contribution in [0.25, 0.3) is 5.69 Å². The maximum atomic E-state index is 13.3. The molecule has 1 aromatic carbocycles. The molecule has 2 aromatic rings. The Bertz CT molecular complexity index is 900. The fourth-order valence-electron chi connectivity index (χ4n) is 2.17. The summed E-state index contributed by atoms with van der Waals surface area (Å²) >= 11 is 0. The molecule has 7 heteroatoms. The van der Waals surface area contributed by atoms with Gasteiger partial charge in [-0.15, -0.1) is 0 Å². The van der Waals surface area contributed by atoms with Gasteiger partial charge in [-0.05, 0) is 24.3 Å². The van der Waals surface area contributed by atoms with E-state index < -0.39 is 23.3 Å². The molecule has 0 fully saturated rings. The number of aromatic nitrogens is 1. The summed E-state index contributed by atoms with van der Waals surface area (Å²) in [6.07, 6.45) is 2.55. The lowest BCUT2D eigenvalue weighted by molar-refractivity contribution is -0.134. The highest BCUT2D eigenvalue weighted by atomic mass is 19.1. The first kappa shape index (κ1) is 15.7. The van der Waals surface area contributed by atoms with E-state index in [1.165, 1.54) is 42.6 Å². The zero-order valence-electron chi connectivity index (χ0n) is 12.4. The highest BCUT2D eigenvalue weighted by Crippen LogP contribution is 2.11. The van der Waals surface area contributed by atoms with Gasteiger partial charge in [0, 0.05) is 23.9 Å². The Morgan fingerprint density at radius 1 is 1.25 bits per heavy atom. The third-order valence-corrected chi connectivity index (χ3v) is 3.34. The fraction of sp³-hybridized carbons (Fsp3) is 0.118. The molecule has 0 atom stereocenters. The van der Waals surface area contributed by atoms with E-state index in [1.54, 1.807) is 6.07 Å². The minimum Gasteiger partial charge on any atom is -0.458 e. The Labute approximate surface area is 135 Å². The second-order valence-electron chi connectivity index (χ2n) is 5.09. The molecule has 24 heavy (non-hydrogen) atoms. The third kappa shape index (κ3) is 3.40. The van der Waals surface area contributed by atoms with Crippen molar-refractivity contribution in [1.29, 1.82) is 0 Å². The normalized spacial score (nSPS) is 13.4. The van der Waals surface area contributed by atoms with Crippen LogP contribution in [0.1, 0.15) is 10.4 Å². The molecule has 0 N–H and O–H groups in total. The predicted octanol–water partition coefficient (Wildman–Crippen LogP) is 1.62. The van der Waals surface area contributed by atoms with Gasteiger partial charge in [0.05, 0.1) is 11.3 Å². The van der Waals surface area contributed by atoms with Crippen molar-refractivity contribution in [2.75, 3.05) is 13.2 Å². The summed E-state index contributed by atoms with van der Waals surface area (Å²) in [7, 11) is 0. The summed E-state index contributed by atoms with van der Waals surface area (Å²) in [5, 5.41) is 0. The summed E-state index contributed by atoms with van der Waals surface area (Å²) in [5.74, 6) is -1.63. The minimum absolute atomic E-state index is 0.0797. The van der Waals surface area contributed by atoms with Crippen molar-refractivity contribution in [3.63, 3.8) is 0 Å². The summed E-state index contributed by atoms with van der Waals surface area (Å²) in [6.45, 7) is 0.0125. The number of benzene rings is 1. The molecule has 6 nitrogen and oxygen atoms in total. The second kappa shape index (κ2) is 6.49. The fourth-order valence-corrected chi connectivity index (χ4v) is 2.17. The van der Waals surface area contributed by atoms with Crippen LogP contribution in [0.4, 0.5) is 4.39 Å². The number of hydrogen-bond acceptors (Lipinski definition) is 5. The molecule has 0 bridgehead atoms. The van der Waals surface area contributed by atoms with Gasteiger partial charge in [-0.3, -0.25) is 9.36 Å². The Morgan fingerprint density at radius 2 is 2.08 bits per heavy atom. The van der Waals surface area contributed by atoms with E-state index in [0.29, 0.717) is 11.3 Å². The van der Waals surface area contributed by atoms with E-state index >= 15 is 0 Å². The number of carbonyl (C=O) groups is 2. The van der Waals surface area contributed by atoms with Gasteiger partial charge in [0.1, 0.15) is 19.0 Å². The molecular formula is C17H12FNO5. The molecule has 0 saturated heterocycles. The number of hydrogen-bond donors (Lipinski definition) is 0. The molecule has 0 amide bonds. The van der Waals surface area contributed by atoms with Crippen molar-refractivity contribution in [3.8, 4) is 5.69 Å². The highest BCUT2D eigenvalue weighted by Gasteiger charge is 2.16. The molecule has 0 spiro atoms. The van der Waals surface area contributed by atoms with E-state index in [1.807, 2.05) is 0 Å². The number of pyridine rings is 1. The molecule has 1 aliphatic rings. The molecule has 0 unspecified atom stereocenters. The number of rotatable bonds is 4. The maximum Gasteiger partial charge on any atom is 0.339 e. The van der Waals surface area contributed by atoms with E-state index in [2.05, 4.69) is 0 Å². The zero-order chi connectivity index (χ0) is 17.1. The lowest BCUT2D eigenvalue weighted by Gasteiger charge is -2.09. The summed E-state index contributed by atoms with van der Waals surface area (Å²) in [4.78, 5) is 34.9. The van der Waals surface area contributed by atoms with Crippen LogP contribution in [0.15, 0.2) is 59.0 Å². The van der Waals surface area contributed by atoms with Gasteiger partial charge in [0.25, 0.3) is 5.56 Å². The molecule has 3 rings (SSSR count). The number of esters is 2. The van der Waals surface area contributed by atoms with Crippen molar-refractivity contribution in [3.05, 3.63) is 76.0 Å². The van der Waals surface area contributed by atoms with Crippen molar-refractivity contribution in [2.24, 2.45) is 0 Å². The van der Waals surface area contributed by atoms with E-state index in [0.717, 1.165) is 4.57 Å². The van der Waals surface area contributed by atoms with E-state index in [9.17, 15) is 18.8 Å². The number of carbonyl (C=O) groups excluding carboxylic acids is 2. The SMILES string of the molecule is O=C1C=C(COC(=O)c2ccc(=O)n(-c3cccc(F)c3)c2)CO1. The summed E-state index contributed by atoms with van der Waals surface area (Å²) in [6, 6.07) is 7.97. The largest absolute Gasteiger partial charge is 0.458 e. The quantitative estimate of drug-likeness (QED) is 0.797. The summed E-state index contributed by atoms with van der Waals surface area (Å²) < 4.78 is 24.3. The number of halogens is 1. The first-order valence-corrected chi connectivity index (χ1v) is 7.05. The topological polar surface area (TPSA) is 74.6 Å². The van der Waals surface area contributed by atoms with Crippen LogP contribution in [-0.4, -0.2) is 29.7 Å². The number of cyclic esters (lactones) is 1. The van der Waals surface area contributed by atoms with Crippen LogP contribution in [0.5, 0.6) is 0 Å². The molecule has 0 aliphatic carbocycles. The zero-order valence-corrected chi connectivity index (χ0v) is 12.4. The van der Waals surface area contributed by atoms with Gasteiger partial charge in [-0.2, -0.15) is 0 Å². The van der Waals surface area contributed by atoms with Crippen LogP contribution < -0.4 is 5.56 Å². The van der Waals surface area contributed by atoms with Gasteiger partial charge in [0.15, 0.2) is 0 Å². The average Bonchev–Trinajstić information content (AvgIpc) is 2.98. The van der Waals surface area contributed by atoms with Gasteiger partial charge in [-0.1, -0.05) is 6.07 Å². The first-order valence-electron chi connectivity index (χ1n) is 7.05. The van der Waals surface area contributed by atoms with Crippen LogP contribution in [0, 0.1) is 5.82 Å². The van der Waals surface area contributed by atoms with Crippen LogP contribution in [0.3, 0.4) is 0 Å². The van der Waals surface area contributed by atoms with E-state index in [4.69, 9.17) is 9.47 Å². The lowest BCUT2D eigenvalue weighted by Crippen LogP contribution is -2.19. The van der Waals surface area contributed by atoms with Gasteiger partial charge >= 0.3 is 11.9 Å². The molecule has 1 aliphatic heterocycles. The van der Waals surface area contributed by atoms with Crippen molar-refractivity contribution in [1.82, 2.24) is 4.57 Å². The van der Waals surface area contributed by atoms with Crippen molar-refractivity contribution >= 4 is 11.9 Å². The van der Waals surface area contributed by atoms with Crippen molar-refractivity contribution in [2.45, 2.75) is 0 Å². The average molecular weight is 329 g/mol. The minimum atomic E-state index is -0.666. The predicted molar refractivity (Wildman–Crippen MR) is 81.3 cm³/mol. The monoisotopic (exact) mass is 329 g/mol. The Morgan fingerprint density at radius 3 is 2.79 bits per heavy atom. The molecular weight excluding hydrogens is 317 g/mol. The molecule has 122 valence electrons. The smallest absolute Gasteiger partial charge is 0.339 e. The Kier molecular flexibility index (Phi) is 4.24. The molecule has 0 radical (unpaired) electrons. The van der Waals surface area contributed by atoms with E-state index in [-0.39, 0.29) is 18.8 Å². The molecule has 2 heterocycles. The van der Waals surface area contributed by atoms with Crippen LogP contribution >= 0.6 is 0 Å². The van der Waals surface area contributed by atoms with Gasteiger partial charge < -0.3 is 9.47 Å². The van der Waals surface area contributed by atoms with Crippen LogP contribution in [0.2, 0.25) is 0 Å². The van der Waals surface area contributed by atoms with Crippen LogP contribution in [-0.2, 0) is 14.3 Å². The highest BCUT2D eigenvalue weighted by molar-refractivity contribution is 5.89. The lowest BCUT2D eigenvalue weighted by atomic mass is 10.2. The van der Waals surface area contributed by atoms with Crippen molar-refractivity contribution < 1.29 is 23.5 Å². The van der Waals surface area contributed by atoms with Gasteiger partial charge in [0.2, 0.25) is 0 Å². The number of nitrogens with zero attached hydrogens (tertiary/aromatic N) is 1. The number of ether oxygens (including phenoxy) is 2. The Hall–Kier alpha value is -3.22. The third-order valence-electron chi connectivity index (χ3n) is 3.34. The van der Waals surface area contributed by atoms with Gasteiger partial charge in [-0.25, -0.2) is 14.0 Å². The second-order valence-corrected chi connectivity index (χ2v) is 5.09. The molecule has 0 saturated carbocycles. The standard InChI is InChI=1S/C17H12FNO5/c18-13-2-1-3-14(7-13)19-8-12(4-5-15(19)20)17(22)24-10-11-6-16(21)23-9-11/h1-8H,9-10H2. The first-order chi connectivity index (χ1) is 11.5. The maximum absolute atomic E-state index is 13.3.